The lowest BCUT2D eigenvalue weighted by molar-refractivity contribution is 0.167. The maximum absolute atomic E-state index is 12.0. The van der Waals surface area contributed by atoms with Crippen LogP contribution in [0.5, 0.6) is 5.75 Å². The molecule has 3 aliphatic rings. The van der Waals surface area contributed by atoms with E-state index >= 15 is 0 Å². The van der Waals surface area contributed by atoms with Gasteiger partial charge in [-0.3, -0.25) is 4.90 Å². The fraction of sp³-hybridized carbons (Fsp3) is 0.682. The van der Waals surface area contributed by atoms with E-state index in [4.69, 9.17) is 4.74 Å². The second-order valence-electron chi connectivity index (χ2n) is 8.59. The maximum atomic E-state index is 12.0. The first-order valence-corrected chi connectivity index (χ1v) is 10.4. The van der Waals surface area contributed by atoms with Crippen LogP contribution in [0.15, 0.2) is 18.2 Å². The van der Waals surface area contributed by atoms with Crippen LogP contribution in [0, 0.1) is 5.92 Å². The van der Waals surface area contributed by atoms with Crippen LogP contribution in [0.3, 0.4) is 0 Å². The molecule has 2 atom stereocenters. The standard InChI is InChI=1S/C22H32N2O2/c1-23(2)22(25)26-21-10-6-9-17-18-13-14-24(20(18)12-11-19(17)21)15-16-7-4-3-5-8-16/h6,9-10,16,18,20H,3-5,7-8,11-15H2,1-2H3/t18-,20+/m0/s1. The Kier molecular flexibility index (Phi) is 5.21. The Labute approximate surface area is 157 Å². The number of hydrogen-bond acceptors (Lipinski definition) is 3. The van der Waals surface area contributed by atoms with Crippen molar-refractivity contribution in [2.75, 3.05) is 27.2 Å². The molecule has 4 rings (SSSR count). The van der Waals surface area contributed by atoms with Crippen LogP contribution in [0.4, 0.5) is 4.79 Å². The van der Waals surface area contributed by atoms with Gasteiger partial charge in [-0.1, -0.05) is 31.4 Å². The summed E-state index contributed by atoms with van der Waals surface area (Å²) in [5, 5.41) is 0. The van der Waals surface area contributed by atoms with Gasteiger partial charge in [-0.05, 0) is 61.8 Å². The lowest BCUT2D eigenvalue weighted by Gasteiger charge is -2.36. The molecule has 1 saturated heterocycles. The highest BCUT2D eigenvalue weighted by Crippen LogP contribution is 2.44. The fourth-order valence-corrected chi connectivity index (χ4v) is 5.36. The molecule has 1 heterocycles. The summed E-state index contributed by atoms with van der Waals surface area (Å²) in [6, 6.07) is 6.96. The Bertz CT molecular complexity index is 652. The monoisotopic (exact) mass is 356 g/mol. The maximum Gasteiger partial charge on any atom is 0.414 e. The number of benzene rings is 1. The van der Waals surface area contributed by atoms with Crippen LogP contribution in [0.25, 0.3) is 0 Å². The Morgan fingerprint density at radius 1 is 1.15 bits per heavy atom. The number of hydrogen-bond donors (Lipinski definition) is 0. The lowest BCUT2D eigenvalue weighted by Crippen LogP contribution is -2.38. The molecule has 1 saturated carbocycles. The molecule has 0 aromatic heterocycles. The zero-order chi connectivity index (χ0) is 18.1. The minimum atomic E-state index is -0.286. The van der Waals surface area contributed by atoms with Gasteiger partial charge in [0.1, 0.15) is 5.75 Å². The summed E-state index contributed by atoms with van der Waals surface area (Å²) in [7, 11) is 3.46. The van der Waals surface area contributed by atoms with Gasteiger partial charge < -0.3 is 9.64 Å². The van der Waals surface area contributed by atoms with E-state index in [9.17, 15) is 4.79 Å². The van der Waals surface area contributed by atoms with Gasteiger partial charge >= 0.3 is 6.09 Å². The molecule has 1 amide bonds. The van der Waals surface area contributed by atoms with Crippen molar-refractivity contribution in [2.45, 2.75) is 63.3 Å². The van der Waals surface area contributed by atoms with Gasteiger partial charge in [0.25, 0.3) is 0 Å². The topological polar surface area (TPSA) is 32.8 Å². The number of amides is 1. The Morgan fingerprint density at radius 3 is 2.73 bits per heavy atom. The van der Waals surface area contributed by atoms with Gasteiger partial charge in [-0.15, -0.1) is 0 Å². The van der Waals surface area contributed by atoms with E-state index in [1.807, 2.05) is 6.07 Å². The molecule has 0 unspecified atom stereocenters. The van der Waals surface area contributed by atoms with Crippen molar-refractivity contribution >= 4 is 6.09 Å². The predicted octanol–water partition coefficient (Wildman–Crippen LogP) is 4.43. The van der Waals surface area contributed by atoms with Crippen LogP contribution in [-0.4, -0.2) is 49.1 Å². The molecule has 4 heteroatoms. The van der Waals surface area contributed by atoms with Crippen LogP contribution >= 0.6 is 0 Å². The number of likely N-dealkylation sites (tertiary alicyclic amines) is 1. The van der Waals surface area contributed by atoms with Gasteiger partial charge in [-0.25, -0.2) is 4.79 Å². The summed E-state index contributed by atoms with van der Waals surface area (Å²) in [6.07, 6.45) is 10.3. The second kappa shape index (κ2) is 7.59. The zero-order valence-electron chi connectivity index (χ0n) is 16.2. The minimum absolute atomic E-state index is 0.286. The van der Waals surface area contributed by atoms with Crippen molar-refractivity contribution < 1.29 is 9.53 Å². The smallest absolute Gasteiger partial charge is 0.410 e. The van der Waals surface area contributed by atoms with Gasteiger partial charge in [0, 0.05) is 32.6 Å². The number of ether oxygens (including phenoxy) is 1. The van der Waals surface area contributed by atoms with Gasteiger partial charge in [0.15, 0.2) is 0 Å². The molecule has 4 nitrogen and oxygen atoms in total. The summed E-state index contributed by atoms with van der Waals surface area (Å²) in [4.78, 5) is 16.3. The van der Waals surface area contributed by atoms with Crippen LogP contribution < -0.4 is 4.74 Å². The number of carbonyl (C=O) groups excluding carboxylic acids is 1. The highest BCUT2D eigenvalue weighted by Gasteiger charge is 2.40. The summed E-state index contributed by atoms with van der Waals surface area (Å²) >= 11 is 0. The Hall–Kier alpha value is -1.55. The van der Waals surface area contributed by atoms with Gasteiger partial charge in [0.2, 0.25) is 0 Å². The summed E-state index contributed by atoms with van der Waals surface area (Å²) in [5.74, 6) is 2.29. The number of carbonyl (C=O) groups is 1. The van der Waals surface area contributed by atoms with E-state index in [0.717, 1.165) is 18.1 Å². The fourth-order valence-electron chi connectivity index (χ4n) is 5.36. The van der Waals surface area contributed by atoms with Crippen LogP contribution in [0.1, 0.15) is 62.0 Å². The Morgan fingerprint density at radius 2 is 1.96 bits per heavy atom. The third kappa shape index (κ3) is 3.48. The third-order valence-electron chi connectivity index (χ3n) is 6.70. The van der Waals surface area contributed by atoms with E-state index in [2.05, 4.69) is 17.0 Å². The molecule has 2 aliphatic carbocycles. The largest absolute Gasteiger partial charge is 0.414 e. The van der Waals surface area contributed by atoms with Crippen molar-refractivity contribution in [3.05, 3.63) is 29.3 Å². The minimum Gasteiger partial charge on any atom is -0.410 e. The SMILES string of the molecule is CN(C)C(=O)Oc1cccc2c1CC[C@@H]1[C@H]2CCN1CC1CCCCC1. The summed E-state index contributed by atoms with van der Waals surface area (Å²) in [5.41, 5.74) is 2.69. The number of fused-ring (bicyclic) bond motifs is 3. The molecule has 0 spiro atoms. The normalized spacial score (nSPS) is 26.2. The molecule has 1 aliphatic heterocycles. The molecule has 0 bridgehead atoms. The first-order chi connectivity index (χ1) is 12.6. The summed E-state index contributed by atoms with van der Waals surface area (Å²) in [6.45, 7) is 2.53. The molecule has 2 fully saturated rings. The van der Waals surface area contributed by atoms with Gasteiger partial charge in [0.05, 0.1) is 0 Å². The molecular formula is C22H32N2O2. The van der Waals surface area contributed by atoms with Crippen molar-refractivity contribution in [3.8, 4) is 5.75 Å². The van der Waals surface area contributed by atoms with Gasteiger partial charge in [-0.2, -0.15) is 0 Å². The average Bonchev–Trinajstić information content (AvgIpc) is 3.06. The van der Waals surface area contributed by atoms with E-state index in [-0.39, 0.29) is 6.09 Å². The van der Waals surface area contributed by atoms with Crippen molar-refractivity contribution in [3.63, 3.8) is 0 Å². The highest BCUT2D eigenvalue weighted by atomic mass is 16.6. The van der Waals surface area contributed by atoms with Crippen molar-refractivity contribution in [1.82, 2.24) is 9.80 Å². The third-order valence-corrected chi connectivity index (χ3v) is 6.70. The first-order valence-electron chi connectivity index (χ1n) is 10.4. The van der Waals surface area contributed by atoms with E-state index < -0.39 is 0 Å². The second-order valence-corrected chi connectivity index (χ2v) is 8.59. The molecular weight excluding hydrogens is 324 g/mol. The Balaban J connectivity index is 1.49. The molecule has 0 radical (unpaired) electrons. The molecule has 26 heavy (non-hydrogen) atoms. The molecule has 142 valence electrons. The van der Waals surface area contributed by atoms with E-state index in [0.29, 0.717) is 12.0 Å². The number of rotatable bonds is 3. The first kappa shape index (κ1) is 17.8. The lowest BCUT2D eigenvalue weighted by atomic mass is 9.79. The highest BCUT2D eigenvalue weighted by molar-refractivity contribution is 5.70. The zero-order valence-corrected chi connectivity index (χ0v) is 16.2. The predicted molar refractivity (Wildman–Crippen MR) is 104 cm³/mol. The van der Waals surface area contributed by atoms with Crippen molar-refractivity contribution in [1.29, 1.82) is 0 Å². The molecule has 1 aromatic rings. The molecule has 0 N–H and O–H groups in total. The van der Waals surface area contributed by atoms with E-state index in [1.165, 1.54) is 74.1 Å². The number of nitrogens with zero attached hydrogens (tertiary/aromatic N) is 2. The summed E-state index contributed by atoms with van der Waals surface area (Å²) < 4.78 is 5.64. The van der Waals surface area contributed by atoms with Crippen molar-refractivity contribution in [2.24, 2.45) is 5.92 Å². The van der Waals surface area contributed by atoms with E-state index in [1.54, 1.807) is 14.1 Å². The molecule has 1 aromatic carbocycles. The van der Waals surface area contributed by atoms with Crippen LogP contribution in [0.2, 0.25) is 0 Å². The quantitative estimate of drug-likeness (QED) is 0.803. The average molecular weight is 357 g/mol. The van der Waals surface area contributed by atoms with Crippen LogP contribution in [-0.2, 0) is 6.42 Å².